The third kappa shape index (κ3) is 11.2. The van der Waals surface area contributed by atoms with Crippen LogP contribution in [0.3, 0.4) is 0 Å². The van der Waals surface area contributed by atoms with Crippen LogP contribution in [0.4, 0.5) is 27.6 Å². The molecule has 5 aromatic rings. The number of rotatable bonds is 18. The first-order valence-corrected chi connectivity index (χ1v) is 21.3. The number of imidazole rings is 1. The fourth-order valence-electron chi connectivity index (χ4n) is 8.75. The van der Waals surface area contributed by atoms with Gasteiger partial charge in [0.25, 0.3) is 12.3 Å². The molecule has 4 heterocycles. The lowest BCUT2D eigenvalue weighted by Gasteiger charge is -2.31. The third-order valence-corrected chi connectivity index (χ3v) is 11.9. The molecule has 1 atom stereocenters. The molecule has 4 aromatic heterocycles. The number of hydrogen-bond acceptors (Lipinski definition) is 10. The first-order chi connectivity index (χ1) is 30.1. The van der Waals surface area contributed by atoms with E-state index < -0.39 is 36.7 Å². The molecule has 2 aliphatic rings. The number of nitrogens with zero attached hydrogens (tertiary/aromatic N) is 7. The van der Waals surface area contributed by atoms with Crippen molar-refractivity contribution in [2.24, 2.45) is 13.0 Å². The van der Waals surface area contributed by atoms with Crippen LogP contribution in [-0.4, -0.2) is 90.8 Å². The van der Waals surface area contributed by atoms with E-state index in [1.807, 2.05) is 18.2 Å². The van der Waals surface area contributed by atoms with E-state index in [2.05, 4.69) is 32.3 Å². The van der Waals surface area contributed by atoms with Crippen LogP contribution < -0.4 is 11.0 Å². The summed E-state index contributed by atoms with van der Waals surface area (Å²) in [5.41, 5.74) is 1.83. The predicted molar refractivity (Wildman–Crippen MR) is 222 cm³/mol. The number of oxazole rings is 1. The molecule has 2 aliphatic carbocycles. The van der Waals surface area contributed by atoms with Gasteiger partial charge in [-0.05, 0) is 94.5 Å². The average Bonchev–Trinajstić information content (AvgIpc) is 3.98. The van der Waals surface area contributed by atoms with E-state index in [1.54, 1.807) is 16.2 Å². The Bertz CT molecular complexity index is 2470. The van der Waals surface area contributed by atoms with Gasteiger partial charge in [-0.3, -0.25) is 33.2 Å². The van der Waals surface area contributed by atoms with Gasteiger partial charge in [-0.1, -0.05) is 12.1 Å². The summed E-state index contributed by atoms with van der Waals surface area (Å²) in [4.78, 5) is 61.1. The number of aryl methyl sites for hydroxylation is 3. The molecule has 338 valence electrons. The number of para-hydroxylation sites is 1. The Morgan fingerprint density at radius 1 is 1.05 bits per heavy atom. The first kappa shape index (κ1) is 45.5. The second kappa shape index (κ2) is 19.9. The summed E-state index contributed by atoms with van der Waals surface area (Å²) in [6.07, 6.45) is 1.13. The highest BCUT2D eigenvalue weighted by atomic mass is 19.4. The molecular weight excluding hydrogens is 832 g/mol. The molecule has 1 N–H and O–H groups in total. The van der Waals surface area contributed by atoms with Gasteiger partial charge < -0.3 is 19.4 Å². The Labute approximate surface area is 359 Å². The van der Waals surface area contributed by atoms with Crippen LogP contribution in [0.15, 0.2) is 58.2 Å². The van der Waals surface area contributed by atoms with E-state index in [-0.39, 0.29) is 59.1 Å². The Hall–Kier alpha value is -5.56. The van der Waals surface area contributed by atoms with E-state index >= 15 is 0 Å². The number of carbonyl (C=O) groups excluding carboxylic acids is 3. The van der Waals surface area contributed by atoms with Gasteiger partial charge in [0, 0.05) is 69.8 Å². The second-order valence-electron chi connectivity index (χ2n) is 16.6. The molecule has 7 rings (SSSR count). The minimum absolute atomic E-state index is 0.0330. The number of aromatic nitrogens is 6. The van der Waals surface area contributed by atoms with Crippen molar-refractivity contribution >= 4 is 34.2 Å². The molecular formula is C44H51F5N8O6. The van der Waals surface area contributed by atoms with Crippen molar-refractivity contribution in [2.45, 2.75) is 102 Å². The van der Waals surface area contributed by atoms with E-state index in [0.29, 0.717) is 49.5 Å². The van der Waals surface area contributed by atoms with Crippen LogP contribution in [0.1, 0.15) is 110 Å². The second-order valence-corrected chi connectivity index (χ2v) is 16.6. The third-order valence-electron chi connectivity index (χ3n) is 11.9. The highest BCUT2D eigenvalue weighted by Gasteiger charge is 2.32. The standard InChI is InChI=1S/C44H51F5N8O6/c1-54(19-5-21-62-20-4-7-28-6-3-8-36-39(28)55(2)43(61)57(36)35-14-13-32(58)23-37(35)59)24-27-9-11-31(12-10-27)56-25-33(38(53-56)40(45)46)51-41(60)34-26-63-42(52-34)29-16-18-50-30(22-29)15-17-44(47,48)49/h3,6,8,16,18,22,25-27,31,35,40H,4-5,7,9-15,17,19-21,23-24H2,1-2H3,(H,51,60). The van der Waals surface area contributed by atoms with Crippen molar-refractivity contribution in [2.75, 3.05) is 38.7 Å². The predicted octanol–water partition coefficient (Wildman–Crippen LogP) is 7.84. The van der Waals surface area contributed by atoms with Gasteiger partial charge in [-0.15, -0.1) is 0 Å². The van der Waals surface area contributed by atoms with Crippen LogP contribution in [0.5, 0.6) is 0 Å². The summed E-state index contributed by atoms with van der Waals surface area (Å²) < 4.78 is 82.2. The lowest BCUT2D eigenvalue weighted by Crippen LogP contribution is -2.34. The fourth-order valence-corrected chi connectivity index (χ4v) is 8.75. The van der Waals surface area contributed by atoms with Crippen molar-refractivity contribution in [1.82, 2.24) is 33.8 Å². The summed E-state index contributed by atoms with van der Waals surface area (Å²) >= 11 is 0. The van der Waals surface area contributed by atoms with Crippen LogP contribution in [0.2, 0.25) is 0 Å². The van der Waals surface area contributed by atoms with Gasteiger partial charge in [-0.2, -0.15) is 18.3 Å². The number of benzene rings is 1. The Kier molecular flexibility index (Phi) is 14.3. The van der Waals surface area contributed by atoms with Crippen molar-refractivity contribution in [3.63, 3.8) is 0 Å². The zero-order valence-corrected chi connectivity index (χ0v) is 35.2. The van der Waals surface area contributed by atoms with Gasteiger partial charge >= 0.3 is 11.9 Å². The summed E-state index contributed by atoms with van der Waals surface area (Å²) in [7, 11) is 3.79. The zero-order valence-electron chi connectivity index (χ0n) is 35.2. The number of carbonyl (C=O) groups is 3. The van der Waals surface area contributed by atoms with E-state index in [4.69, 9.17) is 9.15 Å². The lowest BCUT2D eigenvalue weighted by molar-refractivity contribution is -0.134. The fraction of sp³-hybridized carbons (Fsp3) is 0.523. The van der Waals surface area contributed by atoms with Gasteiger partial charge in [0.2, 0.25) is 5.89 Å². The molecule has 14 nitrogen and oxygen atoms in total. The SMILES string of the molecule is CN(CCCOCCCc1cccc2c1n(C)c(=O)n2C1CCC(=O)CC1=O)CC1CCC(n2cc(NC(=O)c3coc(-c4ccnc(CCC(F)(F)F)c4)n3)c(C(F)F)n2)CC1. The largest absolute Gasteiger partial charge is 0.444 e. The minimum Gasteiger partial charge on any atom is -0.444 e. The van der Waals surface area contributed by atoms with Crippen LogP contribution >= 0.6 is 0 Å². The lowest BCUT2D eigenvalue weighted by atomic mass is 9.86. The van der Waals surface area contributed by atoms with Crippen LogP contribution in [0.25, 0.3) is 22.5 Å². The van der Waals surface area contributed by atoms with Gasteiger partial charge in [0.15, 0.2) is 17.2 Å². The average molecular weight is 883 g/mol. The molecule has 1 amide bonds. The topological polar surface area (TPSA) is 159 Å². The molecule has 2 fully saturated rings. The smallest absolute Gasteiger partial charge is 0.389 e. The van der Waals surface area contributed by atoms with Gasteiger partial charge in [-0.25, -0.2) is 18.6 Å². The quantitative estimate of drug-likeness (QED) is 0.0522. The number of Topliss-reactive ketones (excluding diaryl/α,β-unsaturated/α-hetero) is 2. The number of ketones is 2. The number of fused-ring (bicyclic) bond motifs is 1. The number of halogens is 5. The van der Waals surface area contributed by atoms with Crippen molar-refractivity contribution in [1.29, 1.82) is 0 Å². The monoisotopic (exact) mass is 882 g/mol. The van der Waals surface area contributed by atoms with E-state index in [9.17, 15) is 41.1 Å². The highest BCUT2D eigenvalue weighted by molar-refractivity contribution is 6.04. The van der Waals surface area contributed by atoms with Gasteiger partial charge in [0.05, 0.1) is 35.2 Å². The maximum Gasteiger partial charge on any atom is 0.389 e. The zero-order chi connectivity index (χ0) is 44.8. The number of amides is 1. The Balaban J connectivity index is 0.827. The number of anilines is 1. The van der Waals surface area contributed by atoms with Crippen molar-refractivity contribution in [3.8, 4) is 11.5 Å². The number of hydrogen-bond donors (Lipinski definition) is 1. The number of alkyl halides is 5. The number of ether oxygens (including phenoxy) is 1. The number of pyridine rings is 1. The Morgan fingerprint density at radius 3 is 2.57 bits per heavy atom. The van der Waals surface area contributed by atoms with Crippen molar-refractivity contribution < 1.29 is 45.5 Å². The molecule has 0 radical (unpaired) electrons. The molecule has 63 heavy (non-hydrogen) atoms. The molecule has 0 aliphatic heterocycles. The Morgan fingerprint density at radius 2 is 1.83 bits per heavy atom. The van der Waals surface area contributed by atoms with Crippen LogP contribution in [0, 0.1) is 5.92 Å². The molecule has 0 saturated heterocycles. The van der Waals surface area contributed by atoms with Gasteiger partial charge in [0.1, 0.15) is 12.0 Å². The minimum atomic E-state index is -4.35. The summed E-state index contributed by atoms with van der Waals surface area (Å²) in [5, 5.41) is 6.63. The van der Waals surface area contributed by atoms with E-state index in [1.165, 1.54) is 29.2 Å². The number of nitrogens with one attached hydrogen (secondary N) is 1. The highest BCUT2D eigenvalue weighted by Crippen LogP contribution is 2.36. The van der Waals surface area contributed by atoms with Crippen LogP contribution in [-0.2, 0) is 34.2 Å². The summed E-state index contributed by atoms with van der Waals surface area (Å²) in [6.45, 7) is 2.89. The molecule has 2 saturated carbocycles. The van der Waals surface area contributed by atoms with Crippen molar-refractivity contribution in [3.05, 3.63) is 82.1 Å². The molecule has 0 spiro atoms. The molecule has 1 aromatic carbocycles. The molecule has 19 heteroatoms. The summed E-state index contributed by atoms with van der Waals surface area (Å²) in [6, 6.07) is 7.86. The van der Waals surface area contributed by atoms with E-state index in [0.717, 1.165) is 69.0 Å². The normalized spacial score (nSPS) is 18.6. The maximum absolute atomic E-state index is 14.1. The molecule has 1 unspecified atom stereocenters. The summed E-state index contributed by atoms with van der Waals surface area (Å²) in [5.74, 6) is -0.711. The molecule has 0 bridgehead atoms. The maximum atomic E-state index is 14.1. The first-order valence-electron chi connectivity index (χ1n) is 21.3.